The first-order chi connectivity index (χ1) is 4.25. The Morgan fingerprint density at radius 3 is 2.78 bits per heavy atom. The van der Waals surface area contributed by atoms with Gasteiger partial charge in [0.2, 0.25) is 0 Å². The largest absolute Gasteiger partial charge is 0.503 e. The lowest BCUT2D eigenvalue weighted by molar-refractivity contribution is 0.477. The van der Waals surface area contributed by atoms with E-state index in [1.165, 1.54) is 11.0 Å². The molecule has 0 amide bonds. The number of anilines is 1. The van der Waals surface area contributed by atoms with Gasteiger partial charge in [0.05, 0.1) is 6.20 Å². The average molecular weight is 128 g/mol. The van der Waals surface area contributed by atoms with Crippen molar-refractivity contribution in [1.82, 2.24) is 9.89 Å². The zero-order valence-corrected chi connectivity index (χ0v) is 5.00. The highest BCUT2D eigenvalue weighted by Crippen LogP contribution is 2.15. The second-order valence-electron chi connectivity index (χ2n) is 1.55. The van der Waals surface area contributed by atoms with Crippen LogP contribution in [-0.4, -0.2) is 22.0 Å². The molecular weight excluding hydrogens is 120 g/mol. The fraction of sp³-hybridized carbons (Fsp3) is 0.250. The lowest BCUT2D eigenvalue weighted by Gasteiger charge is -1.98. The van der Waals surface area contributed by atoms with Crippen molar-refractivity contribution >= 4 is 5.82 Å². The summed E-state index contributed by atoms with van der Waals surface area (Å²) in [6, 6.07) is 0. The van der Waals surface area contributed by atoms with Gasteiger partial charge in [0.1, 0.15) is 0 Å². The van der Waals surface area contributed by atoms with E-state index in [9.17, 15) is 0 Å². The second kappa shape index (κ2) is 1.85. The molecule has 0 saturated carbocycles. The Morgan fingerprint density at radius 2 is 2.56 bits per heavy atom. The molecule has 1 heterocycles. The van der Waals surface area contributed by atoms with Gasteiger partial charge in [0.15, 0.2) is 11.6 Å². The third kappa shape index (κ3) is 0.758. The quantitative estimate of drug-likeness (QED) is 0.469. The third-order valence-corrected chi connectivity index (χ3v) is 0.998. The van der Waals surface area contributed by atoms with Crippen molar-refractivity contribution in [2.75, 3.05) is 18.2 Å². The molecule has 0 unspecified atom stereocenters. The number of nitrogens with one attached hydrogen (secondary N) is 1. The van der Waals surface area contributed by atoms with E-state index >= 15 is 0 Å². The summed E-state index contributed by atoms with van der Waals surface area (Å²) in [4.78, 5) is 1.27. The highest BCUT2D eigenvalue weighted by Gasteiger charge is 2.01. The zero-order chi connectivity index (χ0) is 6.85. The summed E-state index contributed by atoms with van der Waals surface area (Å²) in [5, 5.41) is 12.5. The van der Waals surface area contributed by atoms with Crippen molar-refractivity contribution in [3.63, 3.8) is 0 Å². The van der Waals surface area contributed by atoms with Gasteiger partial charge >= 0.3 is 0 Å². The second-order valence-corrected chi connectivity index (χ2v) is 1.55. The van der Waals surface area contributed by atoms with Crippen molar-refractivity contribution in [3.05, 3.63) is 6.20 Å². The van der Waals surface area contributed by atoms with Gasteiger partial charge in [0, 0.05) is 7.05 Å². The maximum Gasteiger partial charge on any atom is 0.187 e. The van der Waals surface area contributed by atoms with E-state index in [4.69, 9.17) is 10.8 Å². The molecule has 0 aliphatic heterocycles. The molecule has 0 radical (unpaired) electrons. The van der Waals surface area contributed by atoms with Crippen molar-refractivity contribution in [3.8, 4) is 5.75 Å². The van der Waals surface area contributed by atoms with E-state index in [0.29, 0.717) is 0 Å². The predicted octanol–water partition coefficient (Wildman–Crippen LogP) is -0.656. The van der Waals surface area contributed by atoms with Gasteiger partial charge < -0.3 is 16.3 Å². The summed E-state index contributed by atoms with van der Waals surface area (Å²) in [7, 11) is 1.66. The van der Waals surface area contributed by atoms with Crippen LogP contribution in [0.25, 0.3) is 0 Å². The maximum atomic E-state index is 8.82. The lowest BCUT2D eigenvalue weighted by Crippen LogP contribution is -2.12. The Hall–Kier alpha value is -1.39. The molecule has 4 N–H and O–H groups in total. The van der Waals surface area contributed by atoms with E-state index in [-0.39, 0.29) is 11.6 Å². The van der Waals surface area contributed by atoms with Crippen molar-refractivity contribution < 1.29 is 5.11 Å². The van der Waals surface area contributed by atoms with Gasteiger partial charge in [-0.3, -0.25) is 0 Å². The fourth-order valence-corrected chi connectivity index (χ4v) is 0.527. The molecule has 0 bridgehead atoms. The normalized spacial score (nSPS) is 9.44. The van der Waals surface area contributed by atoms with E-state index in [1.54, 1.807) is 7.05 Å². The molecule has 5 heteroatoms. The minimum Gasteiger partial charge on any atom is -0.503 e. The number of nitrogens with zero attached hydrogens (tertiary/aromatic N) is 2. The minimum atomic E-state index is -0.00986. The number of aromatic hydroxyl groups is 1. The van der Waals surface area contributed by atoms with Crippen molar-refractivity contribution in [2.45, 2.75) is 0 Å². The van der Waals surface area contributed by atoms with E-state index in [2.05, 4.69) is 10.5 Å². The molecule has 50 valence electrons. The van der Waals surface area contributed by atoms with Gasteiger partial charge in [-0.1, -0.05) is 0 Å². The Morgan fingerprint density at radius 1 is 1.89 bits per heavy atom. The number of hydrogen-bond donors (Lipinski definition) is 3. The van der Waals surface area contributed by atoms with Crippen LogP contribution in [0.3, 0.4) is 0 Å². The molecule has 1 aromatic heterocycles. The number of rotatable bonds is 1. The van der Waals surface area contributed by atoms with Gasteiger partial charge in [-0.15, -0.1) is 0 Å². The molecule has 0 aliphatic rings. The van der Waals surface area contributed by atoms with Gasteiger partial charge in [-0.25, -0.2) is 0 Å². The van der Waals surface area contributed by atoms with E-state index < -0.39 is 0 Å². The Labute approximate surface area is 52.1 Å². The molecule has 0 saturated heterocycles. The standard InChI is InChI=1S/C4H8N4O/c1-6-8-4(5)3(9)2-7-8/h2,6,9H,5H2,1H3. The summed E-state index contributed by atoms with van der Waals surface area (Å²) in [5.74, 6) is 0.210. The molecule has 0 atom stereocenters. The van der Waals surface area contributed by atoms with Crippen LogP contribution < -0.4 is 11.2 Å². The van der Waals surface area contributed by atoms with Crippen molar-refractivity contribution in [1.29, 1.82) is 0 Å². The Bertz CT molecular complexity index is 206. The molecule has 0 aliphatic carbocycles. The van der Waals surface area contributed by atoms with Crippen molar-refractivity contribution in [2.24, 2.45) is 0 Å². The monoisotopic (exact) mass is 128 g/mol. The van der Waals surface area contributed by atoms with Crippen LogP contribution in [0.1, 0.15) is 0 Å². The first-order valence-electron chi connectivity index (χ1n) is 2.46. The first kappa shape index (κ1) is 5.74. The summed E-state index contributed by atoms with van der Waals surface area (Å²) < 4.78 is 0. The fourth-order valence-electron chi connectivity index (χ4n) is 0.527. The zero-order valence-electron chi connectivity index (χ0n) is 5.00. The van der Waals surface area contributed by atoms with Crippen LogP contribution in [-0.2, 0) is 0 Å². The lowest BCUT2D eigenvalue weighted by atomic mass is 10.6. The van der Waals surface area contributed by atoms with Gasteiger partial charge in [-0.2, -0.15) is 9.89 Å². The summed E-state index contributed by atoms with van der Waals surface area (Å²) in [6.07, 6.45) is 1.27. The summed E-state index contributed by atoms with van der Waals surface area (Å²) >= 11 is 0. The number of hydrogen-bond acceptors (Lipinski definition) is 4. The molecule has 1 aromatic rings. The number of nitrogens with two attached hydrogens (primary N) is 1. The topological polar surface area (TPSA) is 76.1 Å². The summed E-state index contributed by atoms with van der Waals surface area (Å²) in [5.41, 5.74) is 7.94. The molecule has 9 heavy (non-hydrogen) atoms. The highest BCUT2D eigenvalue weighted by atomic mass is 16.3. The average Bonchev–Trinajstić information content (AvgIpc) is 2.15. The molecule has 0 fully saturated rings. The van der Waals surface area contributed by atoms with Crippen LogP contribution in [0.2, 0.25) is 0 Å². The maximum absolute atomic E-state index is 8.82. The third-order valence-electron chi connectivity index (χ3n) is 0.998. The highest BCUT2D eigenvalue weighted by molar-refractivity contribution is 5.43. The van der Waals surface area contributed by atoms with Crippen LogP contribution in [0, 0.1) is 0 Å². The molecule has 0 aromatic carbocycles. The SMILES string of the molecule is CNn1ncc(O)c1N. The minimum absolute atomic E-state index is 0.00986. The van der Waals surface area contributed by atoms with Crippen LogP contribution in [0.15, 0.2) is 6.20 Å². The van der Waals surface area contributed by atoms with E-state index in [1.807, 2.05) is 0 Å². The van der Waals surface area contributed by atoms with Gasteiger partial charge in [0.25, 0.3) is 0 Å². The Kier molecular flexibility index (Phi) is 1.18. The van der Waals surface area contributed by atoms with Crippen LogP contribution >= 0.6 is 0 Å². The first-order valence-corrected chi connectivity index (χ1v) is 2.46. The van der Waals surface area contributed by atoms with E-state index in [0.717, 1.165) is 0 Å². The predicted molar refractivity (Wildman–Crippen MR) is 33.6 cm³/mol. The smallest absolute Gasteiger partial charge is 0.187 e. The van der Waals surface area contributed by atoms with Crippen LogP contribution in [0.4, 0.5) is 5.82 Å². The summed E-state index contributed by atoms with van der Waals surface area (Å²) in [6.45, 7) is 0. The molecule has 5 nitrogen and oxygen atoms in total. The Balaban J connectivity index is 3.04. The number of nitrogen functional groups attached to an aromatic ring is 1. The van der Waals surface area contributed by atoms with Gasteiger partial charge in [-0.05, 0) is 0 Å². The molecule has 1 rings (SSSR count). The molecular formula is C4H8N4O. The molecule has 0 spiro atoms. The van der Waals surface area contributed by atoms with Crippen LogP contribution in [0.5, 0.6) is 5.75 Å². The number of aromatic nitrogens is 2.